The molecule has 0 rings (SSSR count). The van der Waals surface area contributed by atoms with E-state index in [1.54, 1.807) is 6.08 Å². The summed E-state index contributed by atoms with van der Waals surface area (Å²) in [4.78, 5) is 0. The molecular formula is C27H47. The molecule has 0 saturated heterocycles. The monoisotopic (exact) mass is 371 g/mol. The van der Waals surface area contributed by atoms with Crippen molar-refractivity contribution < 1.29 is 0 Å². The molecule has 0 N–H and O–H groups in total. The predicted octanol–water partition coefficient (Wildman–Crippen LogP) is 9.69. The molecule has 0 aliphatic rings. The summed E-state index contributed by atoms with van der Waals surface area (Å²) in [5, 5.41) is 0. The van der Waals surface area contributed by atoms with Gasteiger partial charge in [-0.1, -0.05) is 159 Å². The minimum Gasteiger partial charge on any atom is -0.0845 e. The smallest absolute Gasteiger partial charge is 0.0348 e. The lowest BCUT2D eigenvalue weighted by molar-refractivity contribution is 0.527. The molecule has 0 saturated carbocycles. The molecule has 0 atom stereocenters. The fourth-order valence-corrected chi connectivity index (χ4v) is 3.42. The first-order chi connectivity index (χ1) is 13.4. The third kappa shape index (κ3) is 25.0. The Kier molecular flexibility index (Phi) is 24.0. The molecule has 0 fully saturated rings. The molecule has 0 aliphatic heterocycles. The quantitative estimate of drug-likeness (QED) is 0.139. The van der Waals surface area contributed by atoms with Crippen LogP contribution in [-0.2, 0) is 0 Å². The van der Waals surface area contributed by atoms with Gasteiger partial charge in [0.25, 0.3) is 0 Å². The van der Waals surface area contributed by atoms with Gasteiger partial charge >= 0.3 is 0 Å². The van der Waals surface area contributed by atoms with Crippen LogP contribution in [0, 0.1) is 6.58 Å². The molecule has 0 nitrogen and oxygen atoms in total. The molecule has 0 amide bonds. The van der Waals surface area contributed by atoms with Crippen molar-refractivity contribution in [3.05, 3.63) is 49.1 Å². The highest BCUT2D eigenvalue weighted by atomic mass is 14.0. The van der Waals surface area contributed by atoms with Crippen molar-refractivity contribution in [3.63, 3.8) is 0 Å². The lowest BCUT2D eigenvalue weighted by Gasteiger charge is -2.03. The minimum absolute atomic E-state index is 1.20. The van der Waals surface area contributed by atoms with Crippen molar-refractivity contribution >= 4 is 0 Å². The molecule has 155 valence electrons. The first-order valence-electron chi connectivity index (χ1n) is 11.9. The minimum atomic E-state index is 1.20. The molecule has 0 heterocycles. The third-order valence-electron chi connectivity index (χ3n) is 5.17. The average Bonchev–Trinajstić information content (AvgIpc) is 2.68. The van der Waals surface area contributed by atoms with Crippen molar-refractivity contribution in [1.29, 1.82) is 0 Å². The zero-order valence-corrected chi connectivity index (χ0v) is 18.3. The van der Waals surface area contributed by atoms with Gasteiger partial charge in [0, 0.05) is 0 Å². The predicted molar refractivity (Wildman–Crippen MR) is 125 cm³/mol. The molecule has 0 aromatic carbocycles. The van der Waals surface area contributed by atoms with Crippen LogP contribution in [0.15, 0.2) is 42.5 Å². The van der Waals surface area contributed by atoms with E-state index in [2.05, 4.69) is 25.2 Å². The number of hydrogen-bond donors (Lipinski definition) is 0. The number of unbranched alkanes of at least 4 members (excludes halogenated alkanes) is 17. The summed E-state index contributed by atoms with van der Waals surface area (Å²) in [6, 6.07) is 0. The molecule has 0 bridgehead atoms. The molecule has 0 unspecified atom stereocenters. The lowest BCUT2D eigenvalue weighted by Crippen LogP contribution is -1.83. The van der Waals surface area contributed by atoms with Gasteiger partial charge in [0.2, 0.25) is 0 Å². The second-order valence-corrected chi connectivity index (χ2v) is 7.84. The van der Waals surface area contributed by atoms with Crippen LogP contribution in [0.4, 0.5) is 0 Å². The first-order valence-corrected chi connectivity index (χ1v) is 11.9. The van der Waals surface area contributed by atoms with Gasteiger partial charge < -0.3 is 0 Å². The van der Waals surface area contributed by atoms with Gasteiger partial charge in [-0.2, -0.15) is 0 Å². The maximum atomic E-state index is 5.26. The molecule has 0 aromatic heterocycles. The molecule has 1 radical (unpaired) electrons. The van der Waals surface area contributed by atoms with Crippen LogP contribution in [0.5, 0.6) is 0 Å². The van der Waals surface area contributed by atoms with E-state index in [1.165, 1.54) is 116 Å². The zero-order chi connectivity index (χ0) is 19.7. The number of allylic oxidation sites excluding steroid dienone is 7. The van der Waals surface area contributed by atoms with Crippen molar-refractivity contribution in [2.24, 2.45) is 0 Å². The largest absolute Gasteiger partial charge is 0.0845 e. The number of rotatable bonds is 21. The van der Waals surface area contributed by atoms with E-state index in [0.717, 1.165) is 0 Å². The summed E-state index contributed by atoms with van der Waals surface area (Å²) >= 11 is 0. The van der Waals surface area contributed by atoms with Gasteiger partial charge in [-0.15, -0.1) is 0 Å². The first kappa shape index (κ1) is 26.0. The SMILES string of the molecule is [CH]=C/C=C/C=C/C=C/CCCCCCCCCCCCCCCCCCC. The molecule has 0 aliphatic carbocycles. The van der Waals surface area contributed by atoms with Crippen molar-refractivity contribution in [2.75, 3.05) is 0 Å². The summed E-state index contributed by atoms with van der Waals surface area (Å²) in [6.45, 7) is 7.55. The van der Waals surface area contributed by atoms with Gasteiger partial charge in [0.15, 0.2) is 0 Å². The second kappa shape index (κ2) is 25.0. The van der Waals surface area contributed by atoms with Gasteiger partial charge in [0.05, 0.1) is 0 Å². The summed E-state index contributed by atoms with van der Waals surface area (Å²) in [5.41, 5.74) is 0. The molecule has 27 heavy (non-hydrogen) atoms. The average molecular weight is 372 g/mol. The highest BCUT2D eigenvalue weighted by molar-refractivity contribution is 5.13. The van der Waals surface area contributed by atoms with Gasteiger partial charge in [-0.25, -0.2) is 0 Å². The second-order valence-electron chi connectivity index (χ2n) is 7.84. The van der Waals surface area contributed by atoms with E-state index in [9.17, 15) is 0 Å². The van der Waals surface area contributed by atoms with E-state index in [1.807, 2.05) is 18.2 Å². The summed E-state index contributed by atoms with van der Waals surface area (Å²) in [5.74, 6) is 0. The van der Waals surface area contributed by atoms with E-state index in [0.29, 0.717) is 0 Å². The van der Waals surface area contributed by atoms with Crippen LogP contribution < -0.4 is 0 Å². The Morgan fingerprint density at radius 1 is 0.444 bits per heavy atom. The zero-order valence-electron chi connectivity index (χ0n) is 18.3. The van der Waals surface area contributed by atoms with Gasteiger partial charge in [0.1, 0.15) is 0 Å². The maximum absolute atomic E-state index is 5.26. The van der Waals surface area contributed by atoms with Gasteiger partial charge in [-0.3, -0.25) is 0 Å². The lowest BCUT2D eigenvalue weighted by atomic mass is 10.0. The number of hydrogen-bond acceptors (Lipinski definition) is 0. The van der Waals surface area contributed by atoms with Crippen LogP contribution in [0.25, 0.3) is 0 Å². The normalized spacial score (nSPS) is 12.0. The van der Waals surface area contributed by atoms with E-state index < -0.39 is 0 Å². The molecule has 0 aromatic rings. The highest BCUT2D eigenvalue weighted by Gasteiger charge is 1.94. The topological polar surface area (TPSA) is 0 Å². The van der Waals surface area contributed by atoms with Crippen LogP contribution in [0.3, 0.4) is 0 Å². The van der Waals surface area contributed by atoms with E-state index in [-0.39, 0.29) is 0 Å². The van der Waals surface area contributed by atoms with Crippen LogP contribution in [-0.4, -0.2) is 0 Å². The fourth-order valence-electron chi connectivity index (χ4n) is 3.42. The molecule has 0 spiro atoms. The molecule has 0 heteroatoms. The van der Waals surface area contributed by atoms with Crippen LogP contribution in [0.1, 0.15) is 122 Å². The Balaban J connectivity index is 3.10. The third-order valence-corrected chi connectivity index (χ3v) is 5.17. The Labute approximate surface area is 171 Å². The summed E-state index contributed by atoms with van der Waals surface area (Å²) in [7, 11) is 0. The van der Waals surface area contributed by atoms with Gasteiger partial charge in [-0.05, 0) is 12.8 Å². The Morgan fingerprint density at radius 3 is 1.26 bits per heavy atom. The fraction of sp³-hybridized carbons (Fsp3) is 0.704. The van der Waals surface area contributed by atoms with Crippen molar-refractivity contribution in [1.82, 2.24) is 0 Å². The summed E-state index contributed by atoms with van der Waals surface area (Å²) in [6.07, 6.45) is 39.4. The standard InChI is InChI=1S/C27H47/c1-3-5-7-9-11-13-15-17-19-21-23-25-27-26-24-22-20-18-16-14-12-10-8-6-4-2/h1,3,5,7,9,11,13,15H,4,6,8,10,12,14,16-27H2,2H3/b3-1?,7-5+,11-9+,15-13+. The maximum Gasteiger partial charge on any atom is -0.0348 e. The van der Waals surface area contributed by atoms with Crippen molar-refractivity contribution in [2.45, 2.75) is 122 Å². The van der Waals surface area contributed by atoms with E-state index in [4.69, 9.17) is 6.58 Å². The Hall–Kier alpha value is -1.04. The highest BCUT2D eigenvalue weighted by Crippen LogP contribution is 2.14. The molecular weight excluding hydrogens is 324 g/mol. The van der Waals surface area contributed by atoms with Crippen LogP contribution >= 0.6 is 0 Å². The Bertz CT molecular complexity index is 358. The van der Waals surface area contributed by atoms with Crippen molar-refractivity contribution in [3.8, 4) is 0 Å². The summed E-state index contributed by atoms with van der Waals surface area (Å²) < 4.78 is 0. The van der Waals surface area contributed by atoms with Crippen LogP contribution in [0.2, 0.25) is 0 Å². The Morgan fingerprint density at radius 2 is 0.815 bits per heavy atom. The van der Waals surface area contributed by atoms with E-state index >= 15 is 0 Å².